The largest absolute Gasteiger partial charge is 0.0625 e. The van der Waals surface area contributed by atoms with Crippen LogP contribution in [-0.2, 0) is 0 Å². The van der Waals surface area contributed by atoms with Gasteiger partial charge in [-0.15, -0.1) is 0 Å². The van der Waals surface area contributed by atoms with Gasteiger partial charge in [-0.05, 0) is 65.6 Å². The molecule has 0 aromatic carbocycles. The Morgan fingerprint density at radius 2 is 0.516 bits per heavy atom. The summed E-state index contributed by atoms with van der Waals surface area (Å²) in [6.07, 6.45) is 12.8. The van der Waals surface area contributed by atoms with E-state index in [4.69, 9.17) is 0 Å². The molecule has 0 aliphatic carbocycles. The molecule has 0 radical (unpaired) electrons. The fourth-order valence-electron chi connectivity index (χ4n) is 4.87. The maximum absolute atomic E-state index is 2.51. The first-order valence-corrected chi connectivity index (χ1v) is 14.3. The minimum atomic E-state index is 0.832. The maximum Gasteiger partial charge on any atom is -0.0417 e. The molecule has 0 nitrogen and oxygen atoms in total. The Morgan fingerprint density at radius 3 is 0.774 bits per heavy atom. The SMILES string of the molecule is CC(CCC(C)C(C)CCC(C)C(C)C)C[C@@H](C)CCC(C)C(C)CCC(C)C(C)C. The number of hydrogen-bond donors (Lipinski definition) is 0. The van der Waals surface area contributed by atoms with Crippen LogP contribution in [-0.4, -0.2) is 0 Å². The van der Waals surface area contributed by atoms with Crippen molar-refractivity contribution < 1.29 is 0 Å². The van der Waals surface area contributed by atoms with Gasteiger partial charge in [-0.2, -0.15) is 0 Å². The van der Waals surface area contributed by atoms with Crippen LogP contribution in [0.4, 0.5) is 0 Å². The second kappa shape index (κ2) is 16.6. The Labute approximate surface area is 200 Å². The quantitative estimate of drug-likeness (QED) is 0.200. The highest BCUT2D eigenvalue weighted by molar-refractivity contribution is 4.70. The van der Waals surface area contributed by atoms with Crippen molar-refractivity contribution >= 4 is 0 Å². The molecule has 0 aliphatic rings. The summed E-state index contributed by atoms with van der Waals surface area (Å²) in [7, 11) is 0. The van der Waals surface area contributed by atoms with Crippen LogP contribution in [0.15, 0.2) is 0 Å². The van der Waals surface area contributed by atoms with Crippen molar-refractivity contribution in [3.05, 3.63) is 0 Å². The summed E-state index contributed by atoms with van der Waals surface area (Å²) in [6, 6.07) is 0. The zero-order valence-electron chi connectivity index (χ0n) is 24.1. The number of hydrogen-bond acceptors (Lipinski definition) is 0. The van der Waals surface area contributed by atoms with Crippen LogP contribution in [0.2, 0.25) is 0 Å². The summed E-state index contributed by atoms with van der Waals surface area (Å²) in [5.41, 5.74) is 0. The third-order valence-corrected chi connectivity index (χ3v) is 9.41. The molecule has 0 bridgehead atoms. The van der Waals surface area contributed by atoms with Crippen LogP contribution < -0.4 is 0 Å². The van der Waals surface area contributed by atoms with E-state index in [2.05, 4.69) is 83.1 Å². The van der Waals surface area contributed by atoms with Gasteiger partial charge in [0.25, 0.3) is 0 Å². The molecule has 0 heteroatoms. The van der Waals surface area contributed by atoms with E-state index in [0.717, 1.165) is 59.2 Å². The van der Waals surface area contributed by atoms with Gasteiger partial charge in [0, 0.05) is 0 Å². The van der Waals surface area contributed by atoms with E-state index >= 15 is 0 Å². The van der Waals surface area contributed by atoms with Gasteiger partial charge in [0.15, 0.2) is 0 Å². The minimum absolute atomic E-state index is 0.832. The lowest BCUT2D eigenvalue weighted by atomic mass is 9.80. The highest BCUT2D eigenvalue weighted by atomic mass is 14.2. The first kappa shape index (κ1) is 31.0. The van der Waals surface area contributed by atoms with Gasteiger partial charge in [0.1, 0.15) is 0 Å². The molecular formula is C31H64. The summed E-state index contributed by atoms with van der Waals surface area (Å²) in [5.74, 6) is 8.71. The standard InChI is InChI=1S/C31H64/c1-22(2)26(7)17-19-30(11)28(9)15-13-24(5)21-25(6)14-16-29(10)31(12)20-18-27(8)23(3)4/h22-31H,13-21H2,1-12H3/t24-,25?,26?,27?,28?,29?,30?,31?/m0/s1. The molecule has 0 amide bonds. The molecule has 0 rings (SSSR count). The Bertz CT molecular complexity index is 370. The molecule has 0 N–H and O–H groups in total. The Morgan fingerprint density at radius 1 is 0.290 bits per heavy atom. The van der Waals surface area contributed by atoms with Crippen molar-refractivity contribution in [1.82, 2.24) is 0 Å². The Kier molecular flexibility index (Phi) is 16.6. The zero-order chi connectivity index (χ0) is 24.1. The van der Waals surface area contributed by atoms with Crippen LogP contribution in [0.25, 0.3) is 0 Å². The van der Waals surface area contributed by atoms with Crippen molar-refractivity contribution in [2.75, 3.05) is 0 Å². The highest BCUT2D eigenvalue weighted by Crippen LogP contribution is 2.31. The summed E-state index contributed by atoms with van der Waals surface area (Å²) in [5, 5.41) is 0. The van der Waals surface area contributed by atoms with Gasteiger partial charge in [0.2, 0.25) is 0 Å². The van der Waals surface area contributed by atoms with Gasteiger partial charge in [-0.25, -0.2) is 0 Å². The molecular weight excluding hydrogens is 372 g/mol. The van der Waals surface area contributed by atoms with E-state index < -0.39 is 0 Å². The topological polar surface area (TPSA) is 0 Å². The van der Waals surface area contributed by atoms with Gasteiger partial charge < -0.3 is 0 Å². The summed E-state index contributed by atoms with van der Waals surface area (Å²) >= 11 is 0. The smallest absolute Gasteiger partial charge is 0.0417 e. The Balaban J connectivity index is 4.08. The predicted molar refractivity (Wildman–Crippen MR) is 145 cm³/mol. The first-order chi connectivity index (χ1) is 14.3. The second-order valence-corrected chi connectivity index (χ2v) is 13.1. The average molecular weight is 437 g/mol. The fourth-order valence-corrected chi connectivity index (χ4v) is 4.87. The molecule has 188 valence electrons. The molecule has 0 aliphatic heterocycles. The third kappa shape index (κ3) is 14.7. The molecule has 0 fully saturated rings. The lowest BCUT2D eigenvalue weighted by Crippen LogP contribution is -2.14. The summed E-state index contributed by atoms with van der Waals surface area (Å²) in [6.45, 7) is 29.4. The zero-order valence-corrected chi connectivity index (χ0v) is 24.1. The first-order valence-electron chi connectivity index (χ1n) is 14.3. The van der Waals surface area contributed by atoms with Gasteiger partial charge in [-0.1, -0.05) is 134 Å². The maximum atomic E-state index is 2.51. The van der Waals surface area contributed by atoms with Crippen LogP contribution in [0.1, 0.15) is 141 Å². The number of rotatable bonds is 18. The lowest BCUT2D eigenvalue weighted by molar-refractivity contribution is 0.255. The molecule has 0 aromatic heterocycles. The summed E-state index contributed by atoms with van der Waals surface area (Å²) in [4.78, 5) is 0. The average Bonchev–Trinajstić information content (AvgIpc) is 2.71. The van der Waals surface area contributed by atoms with Crippen LogP contribution >= 0.6 is 0 Å². The lowest BCUT2D eigenvalue weighted by Gasteiger charge is -2.26. The molecule has 31 heavy (non-hydrogen) atoms. The van der Waals surface area contributed by atoms with Crippen molar-refractivity contribution in [2.24, 2.45) is 59.2 Å². The molecule has 8 atom stereocenters. The fraction of sp³-hybridized carbons (Fsp3) is 1.00. The van der Waals surface area contributed by atoms with Crippen LogP contribution in [0.5, 0.6) is 0 Å². The van der Waals surface area contributed by atoms with Crippen LogP contribution in [0.3, 0.4) is 0 Å². The van der Waals surface area contributed by atoms with Gasteiger partial charge in [0.05, 0.1) is 0 Å². The minimum Gasteiger partial charge on any atom is -0.0625 e. The molecule has 0 saturated carbocycles. The normalized spacial score (nSPS) is 20.3. The van der Waals surface area contributed by atoms with Crippen molar-refractivity contribution in [3.8, 4) is 0 Å². The van der Waals surface area contributed by atoms with Crippen molar-refractivity contribution in [1.29, 1.82) is 0 Å². The van der Waals surface area contributed by atoms with E-state index in [1.807, 2.05) is 0 Å². The van der Waals surface area contributed by atoms with Crippen molar-refractivity contribution in [3.63, 3.8) is 0 Å². The molecule has 0 spiro atoms. The second-order valence-electron chi connectivity index (χ2n) is 13.1. The molecule has 0 saturated heterocycles. The van der Waals surface area contributed by atoms with E-state index in [-0.39, 0.29) is 0 Å². The van der Waals surface area contributed by atoms with E-state index in [1.165, 1.54) is 57.8 Å². The highest BCUT2D eigenvalue weighted by Gasteiger charge is 2.19. The van der Waals surface area contributed by atoms with E-state index in [9.17, 15) is 0 Å². The predicted octanol–water partition coefficient (Wildman–Crippen LogP) is 10.9. The summed E-state index contributed by atoms with van der Waals surface area (Å²) < 4.78 is 0. The van der Waals surface area contributed by atoms with Crippen molar-refractivity contribution in [2.45, 2.75) is 141 Å². The monoisotopic (exact) mass is 437 g/mol. The Hall–Kier alpha value is 0. The van der Waals surface area contributed by atoms with Crippen LogP contribution in [0, 0.1) is 59.2 Å². The molecule has 7 unspecified atom stereocenters. The van der Waals surface area contributed by atoms with E-state index in [0.29, 0.717) is 0 Å². The van der Waals surface area contributed by atoms with Gasteiger partial charge >= 0.3 is 0 Å². The third-order valence-electron chi connectivity index (χ3n) is 9.41. The van der Waals surface area contributed by atoms with E-state index in [1.54, 1.807) is 0 Å². The van der Waals surface area contributed by atoms with Gasteiger partial charge in [-0.3, -0.25) is 0 Å². The molecule has 0 heterocycles. The molecule has 0 aromatic rings.